The van der Waals surface area contributed by atoms with E-state index in [4.69, 9.17) is 11.6 Å². The van der Waals surface area contributed by atoms with Crippen LogP contribution in [-0.2, 0) is 19.4 Å². The first-order valence-electron chi connectivity index (χ1n) is 12.5. The van der Waals surface area contributed by atoms with Gasteiger partial charge in [-0.15, -0.1) is 0 Å². The first-order valence-corrected chi connectivity index (χ1v) is 14.4. The number of hydrogen-bond acceptors (Lipinski definition) is 9. The molecule has 0 aliphatic rings. The number of methoxy groups -OCH3 is 1. The maximum atomic E-state index is 12.8. The number of nitrogens with one attached hydrogen (secondary N) is 3. The Bertz CT molecular complexity index is 1400. The number of nitrogens with zero attached hydrogens (tertiary/aromatic N) is 2. The van der Waals surface area contributed by atoms with Crippen LogP contribution < -0.4 is 16.0 Å². The normalized spacial score (nSPS) is 11.2. The summed E-state index contributed by atoms with van der Waals surface area (Å²) in [5.74, 6) is 0.0452. The largest absolute Gasteiger partial charge is 0.469 e. The summed E-state index contributed by atoms with van der Waals surface area (Å²) in [6.45, 7) is 3.75. The number of carbonyl (C=O) groups excluding carboxylic acids is 2. The van der Waals surface area contributed by atoms with Crippen LogP contribution >= 0.6 is 11.6 Å². The third-order valence-corrected chi connectivity index (χ3v) is 8.27. The van der Waals surface area contributed by atoms with Gasteiger partial charge in [0, 0.05) is 24.2 Å². The number of para-hydroxylation sites is 1. The van der Waals surface area contributed by atoms with E-state index in [-0.39, 0.29) is 33.6 Å². The van der Waals surface area contributed by atoms with Crippen LogP contribution in [0.25, 0.3) is 0 Å². The van der Waals surface area contributed by atoms with Crippen molar-refractivity contribution in [3.63, 3.8) is 0 Å². The van der Waals surface area contributed by atoms with Crippen molar-refractivity contribution in [2.75, 3.05) is 24.3 Å². The Labute approximate surface area is 233 Å². The lowest BCUT2D eigenvalue weighted by molar-refractivity contribution is -0.140. The molecule has 0 aliphatic heterocycles. The topological polar surface area (TPSA) is 139 Å². The summed E-state index contributed by atoms with van der Waals surface area (Å²) in [5.41, 5.74) is 1.50. The smallest absolute Gasteiger partial charge is 0.305 e. The van der Waals surface area contributed by atoms with Crippen molar-refractivity contribution in [3.05, 3.63) is 65.3 Å². The second-order valence-electron chi connectivity index (χ2n) is 8.95. The molecule has 0 bridgehead atoms. The van der Waals surface area contributed by atoms with E-state index in [0.717, 1.165) is 19.3 Å². The number of amides is 1. The summed E-state index contributed by atoms with van der Waals surface area (Å²) in [7, 11) is -2.17. The molecule has 0 unspecified atom stereocenters. The quantitative estimate of drug-likeness (QED) is 0.184. The minimum absolute atomic E-state index is 0.152. The molecule has 0 saturated heterocycles. The van der Waals surface area contributed by atoms with E-state index in [0.29, 0.717) is 29.9 Å². The Morgan fingerprint density at radius 1 is 1.00 bits per heavy atom. The second-order valence-corrected chi connectivity index (χ2v) is 11.8. The molecule has 0 spiro atoms. The zero-order valence-electron chi connectivity index (χ0n) is 22.0. The Morgan fingerprint density at radius 3 is 2.41 bits per heavy atom. The standard InChI is InChI=1S/C27H32ClN5O5S/c1-18(2)39(36,37)23-10-7-6-9-22(23)32-25-21(28)17-30-27(33-25)31-20-14-12-19(13-15-20)26(35)29-16-8-4-5-11-24(34)38-3/h6-7,9-10,12-15,17-18H,4-5,8,11,16H2,1-3H3,(H,29,35)(H2,30,31,32,33). The number of ether oxygens (including phenoxy) is 1. The lowest BCUT2D eigenvalue weighted by Crippen LogP contribution is -2.24. The maximum Gasteiger partial charge on any atom is 0.305 e. The lowest BCUT2D eigenvalue weighted by atomic mass is 10.1. The van der Waals surface area contributed by atoms with Gasteiger partial charge in [0.25, 0.3) is 5.91 Å². The molecule has 10 nitrogen and oxygen atoms in total. The van der Waals surface area contributed by atoms with Gasteiger partial charge in [0.1, 0.15) is 5.02 Å². The average Bonchev–Trinajstić information content (AvgIpc) is 2.92. The Balaban J connectivity index is 1.61. The van der Waals surface area contributed by atoms with Gasteiger partial charge in [0.05, 0.1) is 29.1 Å². The minimum Gasteiger partial charge on any atom is -0.469 e. The molecule has 208 valence electrons. The van der Waals surface area contributed by atoms with Gasteiger partial charge in [-0.3, -0.25) is 9.59 Å². The fourth-order valence-electron chi connectivity index (χ4n) is 3.53. The average molecular weight is 574 g/mol. The summed E-state index contributed by atoms with van der Waals surface area (Å²) in [6.07, 6.45) is 4.08. The van der Waals surface area contributed by atoms with Crippen LogP contribution in [0.2, 0.25) is 5.02 Å². The molecule has 1 amide bonds. The highest BCUT2D eigenvalue weighted by Crippen LogP contribution is 2.30. The molecule has 39 heavy (non-hydrogen) atoms. The Hall–Kier alpha value is -3.70. The Kier molecular flexibility index (Phi) is 10.6. The van der Waals surface area contributed by atoms with Crippen LogP contribution in [0.4, 0.5) is 23.1 Å². The summed E-state index contributed by atoms with van der Waals surface area (Å²) >= 11 is 6.29. The van der Waals surface area contributed by atoms with Crippen LogP contribution in [0.5, 0.6) is 0 Å². The summed E-state index contributed by atoms with van der Waals surface area (Å²) in [4.78, 5) is 32.3. The van der Waals surface area contributed by atoms with E-state index in [9.17, 15) is 18.0 Å². The number of halogens is 1. The van der Waals surface area contributed by atoms with Crippen LogP contribution in [-0.4, -0.2) is 49.2 Å². The highest BCUT2D eigenvalue weighted by atomic mass is 35.5. The van der Waals surface area contributed by atoms with Crippen LogP contribution in [0.15, 0.2) is 59.6 Å². The van der Waals surface area contributed by atoms with Crippen molar-refractivity contribution in [3.8, 4) is 0 Å². The molecule has 3 aromatic rings. The number of aromatic nitrogens is 2. The summed E-state index contributed by atoms with van der Waals surface area (Å²) in [6, 6.07) is 13.4. The summed E-state index contributed by atoms with van der Waals surface area (Å²) < 4.78 is 30.2. The molecule has 0 radical (unpaired) electrons. The van der Waals surface area contributed by atoms with Crippen LogP contribution in [0, 0.1) is 0 Å². The molecule has 12 heteroatoms. The lowest BCUT2D eigenvalue weighted by Gasteiger charge is -2.15. The van der Waals surface area contributed by atoms with E-state index in [2.05, 4.69) is 30.7 Å². The highest BCUT2D eigenvalue weighted by molar-refractivity contribution is 7.92. The molecule has 0 fully saturated rings. The molecule has 2 aromatic carbocycles. The fraction of sp³-hybridized carbons (Fsp3) is 0.333. The van der Waals surface area contributed by atoms with Gasteiger partial charge in [-0.05, 0) is 63.1 Å². The van der Waals surface area contributed by atoms with Gasteiger partial charge >= 0.3 is 5.97 Å². The third-order valence-electron chi connectivity index (χ3n) is 5.79. The zero-order chi connectivity index (χ0) is 28.4. The first kappa shape index (κ1) is 29.9. The van der Waals surface area contributed by atoms with E-state index in [1.165, 1.54) is 19.4 Å². The number of esters is 1. The van der Waals surface area contributed by atoms with Gasteiger partial charge in [0.15, 0.2) is 15.7 Å². The molecular weight excluding hydrogens is 542 g/mol. The van der Waals surface area contributed by atoms with Crippen molar-refractivity contribution in [2.24, 2.45) is 0 Å². The van der Waals surface area contributed by atoms with Crippen molar-refractivity contribution in [1.29, 1.82) is 0 Å². The fourth-order valence-corrected chi connectivity index (χ4v) is 4.87. The number of hydrogen-bond donors (Lipinski definition) is 3. The number of unbranched alkanes of at least 4 members (excludes halogenated alkanes) is 2. The first-order chi connectivity index (χ1) is 18.6. The summed E-state index contributed by atoms with van der Waals surface area (Å²) in [5, 5.41) is 8.56. The van der Waals surface area contributed by atoms with Gasteiger partial charge in [0.2, 0.25) is 5.95 Å². The predicted molar refractivity (Wildman–Crippen MR) is 152 cm³/mol. The number of benzene rings is 2. The molecule has 3 rings (SSSR count). The second kappa shape index (κ2) is 13.9. The number of carbonyl (C=O) groups is 2. The van der Waals surface area contributed by atoms with E-state index in [1.54, 1.807) is 56.3 Å². The van der Waals surface area contributed by atoms with Gasteiger partial charge < -0.3 is 20.7 Å². The van der Waals surface area contributed by atoms with Gasteiger partial charge in [-0.1, -0.05) is 30.2 Å². The van der Waals surface area contributed by atoms with Crippen LogP contribution in [0.3, 0.4) is 0 Å². The van der Waals surface area contributed by atoms with Crippen molar-refractivity contribution < 1.29 is 22.7 Å². The van der Waals surface area contributed by atoms with E-state index in [1.807, 2.05) is 0 Å². The van der Waals surface area contributed by atoms with E-state index < -0.39 is 15.1 Å². The van der Waals surface area contributed by atoms with Crippen molar-refractivity contribution >= 4 is 56.5 Å². The highest BCUT2D eigenvalue weighted by Gasteiger charge is 2.23. The van der Waals surface area contributed by atoms with Gasteiger partial charge in [-0.2, -0.15) is 4.98 Å². The number of anilines is 4. The molecule has 0 saturated carbocycles. The zero-order valence-corrected chi connectivity index (χ0v) is 23.6. The molecule has 1 aromatic heterocycles. The monoisotopic (exact) mass is 573 g/mol. The van der Waals surface area contributed by atoms with E-state index >= 15 is 0 Å². The predicted octanol–water partition coefficient (Wildman–Crippen LogP) is 5.26. The number of rotatable bonds is 13. The molecule has 3 N–H and O–H groups in total. The third kappa shape index (κ3) is 8.39. The maximum absolute atomic E-state index is 12.8. The van der Waals surface area contributed by atoms with Crippen molar-refractivity contribution in [1.82, 2.24) is 15.3 Å². The SMILES string of the molecule is COC(=O)CCCCCNC(=O)c1ccc(Nc2ncc(Cl)c(Nc3ccccc3S(=O)(=O)C(C)C)n2)cc1. The Morgan fingerprint density at radius 2 is 1.72 bits per heavy atom. The van der Waals surface area contributed by atoms with Crippen LogP contribution in [0.1, 0.15) is 49.9 Å². The molecular formula is C27H32ClN5O5S. The van der Waals surface area contributed by atoms with Crippen molar-refractivity contribution in [2.45, 2.75) is 49.7 Å². The molecule has 1 heterocycles. The molecule has 0 aliphatic carbocycles. The minimum atomic E-state index is -3.54. The van der Waals surface area contributed by atoms with Gasteiger partial charge in [-0.25, -0.2) is 13.4 Å². The number of sulfone groups is 1. The molecule has 0 atom stereocenters.